The first-order chi connectivity index (χ1) is 9.16. The summed E-state index contributed by atoms with van der Waals surface area (Å²) in [7, 11) is 0. The van der Waals surface area contributed by atoms with Crippen LogP contribution in [0.3, 0.4) is 0 Å². The van der Waals surface area contributed by atoms with Crippen molar-refractivity contribution in [2.45, 2.75) is 51.0 Å². The van der Waals surface area contributed by atoms with Gasteiger partial charge in [-0.2, -0.15) is 0 Å². The van der Waals surface area contributed by atoms with E-state index in [-0.39, 0.29) is 0 Å². The molecule has 1 aliphatic carbocycles. The molecule has 0 aliphatic heterocycles. The molecule has 1 N–H and O–H groups in total. The molecule has 0 heterocycles. The Balaban J connectivity index is 1.62. The molecular weight excluding hydrogens is 301 g/mol. The Hall–Kier alpha value is 0.0500. The summed E-state index contributed by atoms with van der Waals surface area (Å²) < 4.78 is 0. The van der Waals surface area contributed by atoms with Gasteiger partial charge >= 0.3 is 0 Å². The summed E-state index contributed by atoms with van der Waals surface area (Å²) >= 11 is 18.2. The van der Waals surface area contributed by atoms with Gasteiger partial charge in [-0.25, -0.2) is 0 Å². The molecule has 0 unspecified atom stereocenters. The average molecular weight is 321 g/mol. The highest BCUT2D eigenvalue weighted by atomic mass is 35.5. The molecule has 2 rings (SSSR count). The van der Waals surface area contributed by atoms with Crippen molar-refractivity contribution in [2.75, 3.05) is 6.54 Å². The minimum absolute atomic E-state index is 0.602. The van der Waals surface area contributed by atoms with Crippen molar-refractivity contribution < 1.29 is 0 Å². The van der Waals surface area contributed by atoms with Crippen molar-refractivity contribution in [2.24, 2.45) is 0 Å². The molecule has 0 bridgehead atoms. The predicted molar refractivity (Wildman–Crippen MR) is 84.7 cm³/mol. The number of benzene rings is 1. The van der Waals surface area contributed by atoms with Gasteiger partial charge in [0.05, 0.1) is 0 Å². The lowest BCUT2D eigenvalue weighted by atomic mass is 10.1. The highest BCUT2D eigenvalue weighted by molar-refractivity contribution is 6.39. The van der Waals surface area contributed by atoms with Crippen LogP contribution in [-0.2, 0) is 6.42 Å². The van der Waals surface area contributed by atoms with Gasteiger partial charge in [0.15, 0.2) is 0 Å². The van der Waals surface area contributed by atoms with Crippen molar-refractivity contribution in [3.05, 3.63) is 32.8 Å². The normalized spacial score (nSPS) is 14.9. The highest BCUT2D eigenvalue weighted by Gasteiger charge is 2.19. The van der Waals surface area contributed by atoms with Crippen LogP contribution in [-0.4, -0.2) is 12.6 Å². The summed E-state index contributed by atoms with van der Waals surface area (Å²) in [4.78, 5) is 0. The number of halogens is 3. The second-order valence-corrected chi connectivity index (χ2v) is 6.49. The van der Waals surface area contributed by atoms with E-state index >= 15 is 0 Å². The van der Waals surface area contributed by atoms with Crippen LogP contribution in [0.2, 0.25) is 15.1 Å². The zero-order valence-corrected chi connectivity index (χ0v) is 13.3. The fraction of sp³-hybridized carbons (Fsp3) is 0.600. The molecule has 1 aromatic carbocycles. The van der Waals surface area contributed by atoms with Gasteiger partial charge in [0.2, 0.25) is 0 Å². The van der Waals surface area contributed by atoms with E-state index in [4.69, 9.17) is 34.8 Å². The van der Waals surface area contributed by atoms with Gasteiger partial charge in [-0.1, -0.05) is 47.6 Å². The Morgan fingerprint density at radius 1 is 0.947 bits per heavy atom. The SMILES string of the molecule is Clc1cc(Cl)c(CCCCCCNC2CC2)c(Cl)c1. The molecule has 4 heteroatoms. The monoisotopic (exact) mass is 319 g/mol. The van der Waals surface area contributed by atoms with Crippen LogP contribution in [0.15, 0.2) is 12.1 Å². The van der Waals surface area contributed by atoms with Gasteiger partial charge in [-0.05, 0) is 56.3 Å². The number of hydrogen-bond acceptors (Lipinski definition) is 1. The highest BCUT2D eigenvalue weighted by Crippen LogP contribution is 2.30. The third-order valence-electron chi connectivity index (χ3n) is 3.47. The molecule has 0 spiro atoms. The lowest BCUT2D eigenvalue weighted by Crippen LogP contribution is -2.17. The van der Waals surface area contributed by atoms with E-state index in [0.717, 1.165) is 31.0 Å². The first kappa shape index (κ1) is 15.4. The van der Waals surface area contributed by atoms with E-state index in [1.807, 2.05) is 0 Å². The molecule has 1 aliphatic rings. The summed E-state index contributed by atoms with van der Waals surface area (Å²) in [6.07, 6.45) is 8.55. The molecule has 0 saturated heterocycles. The van der Waals surface area contributed by atoms with E-state index in [1.54, 1.807) is 12.1 Å². The molecule has 106 valence electrons. The summed E-state index contributed by atoms with van der Waals surface area (Å²) in [6, 6.07) is 4.36. The van der Waals surface area contributed by atoms with Gasteiger partial charge in [0.1, 0.15) is 0 Å². The van der Waals surface area contributed by atoms with Crippen LogP contribution in [0.4, 0.5) is 0 Å². The Labute approximate surface area is 130 Å². The Morgan fingerprint density at radius 2 is 1.58 bits per heavy atom. The van der Waals surface area contributed by atoms with E-state index in [9.17, 15) is 0 Å². The second-order valence-electron chi connectivity index (χ2n) is 5.24. The molecule has 1 fully saturated rings. The maximum absolute atomic E-state index is 6.16. The molecule has 19 heavy (non-hydrogen) atoms. The van der Waals surface area contributed by atoms with E-state index < -0.39 is 0 Å². The van der Waals surface area contributed by atoms with Crippen LogP contribution in [0.25, 0.3) is 0 Å². The first-order valence-corrected chi connectivity index (χ1v) is 8.17. The lowest BCUT2D eigenvalue weighted by molar-refractivity contribution is 0.585. The smallest absolute Gasteiger partial charge is 0.0467 e. The molecule has 0 atom stereocenters. The van der Waals surface area contributed by atoms with Crippen LogP contribution in [0, 0.1) is 0 Å². The minimum Gasteiger partial charge on any atom is -0.314 e. The maximum Gasteiger partial charge on any atom is 0.0467 e. The largest absolute Gasteiger partial charge is 0.314 e. The third-order valence-corrected chi connectivity index (χ3v) is 4.36. The molecule has 1 saturated carbocycles. The molecular formula is C15H20Cl3N. The topological polar surface area (TPSA) is 12.0 Å². The number of hydrogen-bond donors (Lipinski definition) is 1. The van der Waals surface area contributed by atoms with Crippen molar-refractivity contribution in [3.63, 3.8) is 0 Å². The fourth-order valence-corrected chi connectivity index (χ4v) is 3.19. The zero-order valence-electron chi connectivity index (χ0n) is 11.0. The van der Waals surface area contributed by atoms with E-state index in [0.29, 0.717) is 15.1 Å². The lowest BCUT2D eigenvalue weighted by Gasteiger charge is -2.08. The Bertz CT molecular complexity index is 393. The molecule has 1 aromatic rings. The van der Waals surface area contributed by atoms with Crippen molar-refractivity contribution >= 4 is 34.8 Å². The zero-order chi connectivity index (χ0) is 13.7. The van der Waals surface area contributed by atoms with Crippen molar-refractivity contribution in [1.29, 1.82) is 0 Å². The predicted octanol–water partition coefficient (Wildman–Crippen LogP) is 5.50. The number of unbranched alkanes of at least 4 members (excludes halogenated alkanes) is 3. The molecule has 0 amide bonds. The van der Waals surface area contributed by atoms with Crippen LogP contribution >= 0.6 is 34.8 Å². The molecule has 0 radical (unpaired) electrons. The number of rotatable bonds is 8. The van der Waals surface area contributed by atoms with Crippen LogP contribution in [0.5, 0.6) is 0 Å². The van der Waals surface area contributed by atoms with Crippen molar-refractivity contribution in [1.82, 2.24) is 5.32 Å². The maximum atomic E-state index is 6.16. The summed E-state index contributed by atoms with van der Waals surface area (Å²) in [6.45, 7) is 1.16. The standard InChI is InChI=1S/C15H20Cl3N/c16-11-9-14(17)13(15(18)10-11)5-3-1-2-4-8-19-12-6-7-12/h9-10,12,19H,1-8H2. The van der Waals surface area contributed by atoms with Gasteiger partial charge in [0.25, 0.3) is 0 Å². The van der Waals surface area contributed by atoms with Crippen LogP contribution < -0.4 is 5.32 Å². The van der Waals surface area contributed by atoms with Gasteiger partial charge in [-0.3, -0.25) is 0 Å². The van der Waals surface area contributed by atoms with E-state index in [2.05, 4.69) is 5.32 Å². The summed E-state index contributed by atoms with van der Waals surface area (Å²) in [5.41, 5.74) is 1.03. The molecule has 1 nitrogen and oxygen atoms in total. The van der Waals surface area contributed by atoms with Gasteiger partial charge in [-0.15, -0.1) is 0 Å². The summed E-state index contributed by atoms with van der Waals surface area (Å²) in [5.74, 6) is 0. The minimum atomic E-state index is 0.602. The third kappa shape index (κ3) is 5.51. The first-order valence-electron chi connectivity index (χ1n) is 7.03. The van der Waals surface area contributed by atoms with E-state index in [1.165, 1.54) is 32.1 Å². The van der Waals surface area contributed by atoms with Crippen LogP contribution in [0.1, 0.15) is 44.1 Å². The van der Waals surface area contributed by atoms with Gasteiger partial charge < -0.3 is 5.32 Å². The average Bonchev–Trinajstić information content (AvgIpc) is 3.14. The fourth-order valence-electron chi connectivity index (χ4n) is 2.18. The number of nitrogens with one attached hydrogen (secondary N) is 1. The quantitative estimate of drug-likeness (QED) is 0.623. The molecule has 0 aromatic heterocycles. The second kappa shape index (κ2) is 7.73. The van der Waals surface area contributed by atoms with Gasteiger partial charge in [0, 0.05) is 21.1 Å². The Morgan fingerprint density at radius 3 is 2.21 bits per heavy atom. The van der Waals surface area contributed by atoms with Crippen molar-refractivity contribution in [3.8, 4) is 0 Å². The Kier molecular flexibility index (Phi) is 6.28. The summed E-state index contributed by atoms with van der Waals surface area (Å²) in [5, 5.41) is 5.51.